The first-order valence-corrected chi connectivity index (χ1v) is 10.1. The topological polar surface area (TPSA) is 105 Å². The summed E-state index contributed by atoms with van der Waals surface area (Å²) in [5.74, 6) is -3.58. The number of halogens is 3. The predicted octanol–water partition coefficient (Wildman–Crippen LogP) is 2.95. The van der Waals surface area contributed by atoms with Crippen LogP contribution in [-0.4, -0.2) is 41.2 Å². The summed E-state index contributed by atoms with van der Waals surface area (Å²) in [6, 6.07) is 5.25. The molecule has 1 fully saturated rings. The number of likely N-dealkylation sites (tertiary alicyclic amines) is 1. The summed E-state index contributed by atoms with van der Waals surface area (Å²) in [7, 11) is 0. The minimum atomic E-state index is -0.896. The SMILES string of the molecule is NC(=O)c1cc(CNC(=O)N2CCC3(CC2)CC(=O)c2cc(F)cc(F)c2N3)ccc1F. The molecular weight excluding hydrogens is 425 g/mol. The molecule has 10 heteroatoms. The van der Waals surface area contributed by atoms with Crippen LogP contribution in [0.2, 0.25) is 0 Å². The van der Waals surface area contributed by atoms with Crippen LogP contribution in [0.25, 0.3) is 0 Å². The van der Waals surface area contributed by atoms with Crippen molar-refractivity contribution in [1.29, 1.82) is 0 Å². The van der Waals surface area contributed by atoms with Crippen LogP contribution in [0, 0.1) is 17.5 Å². The number of urea groups is 1. The number of carbonyl (C=O) groups is 3. The number of anilines is 1. The largest absolute Gasteiger partial charge is 0.376 e. The van der Waals surface area contributed by atoms with Crippen LogP contribution in [-0.2, 0) is 6.54 Å². The molecule has 7 nitrogen and oxygen atoms in total. The summed E-state index contributed by atoms with van der Waals surface area (Å²) in [6.07, 6.45) is 0.902. The molecule has 2 aliphatic rings. The number of rotatable bonds is 3. The lowest BCUT2D eigenvalue weighted by Gasteiger charge is -2.45. The van der Waals surface area contributed by atoms with Crippen molar-refractivity contribution in [2.75, 3.05) is 18.4 Å². The smallest absolute Gasteiger partial charge is 0.317 e. The van der Waals surface area contributed by atoms with Crippen molar-refractivity contribution in [2.24, 2.45) is 5.73 Å². The van der Waals surface area contributed by atoms with E-state index in [9.17, 15) is 27.6 Å². The second kappa shape index (κ2) is 8.18. The van der Waals surface area contributed by atoms with Crippen LogP contribution >= 0.6 is 0 Å². The molecule has 168 valence electrons. The van der Waals surface area contributed by atoms with Crippen LogP contribution in [0.15, 0.2) is 30.3 Å². The molecule has 1 saturated heterocycles. The Bertz CT molecular complexity index is 1110. The van der Waals surface area contributed by atoms with Crippen molar-refractivity contribution < 1.29 is 27.6 Å². The fraction of sp³-hybridized carbons (Fsp3) is 0.318. The van der Waals surface area contributed by atoms with Crippen LogP contribution in [0.5, 0.6) is 0 Å². The van der Waals surface area contributed by atoms with E-state index in [0.29, 0.717) is 31.5 Å². The van der Waals surface area contributed by atoms with Gasteiger partial charge in [-0.05, 0) is 36.6 Å². The summed E-state index contributed by atoms with van der Waals surface area (Å²) in [5, 5.41) is 5.79. The van der Waals surface area contributed by atoms with E-state index in [1.54, 1.807) is 4.90 Å². The maximum Gasteiger partial charge on any atom is 0.317 e. The van der Waals surface area contributed by atoms with Gasteiger partial charge in [-0.25, -0.2) is 18.0 Å². The zero-order chi connectivity index (χ0) is 23.0. The highest BCUT2D eigenvalue weighted by Gasteiger charge is 2.42. The number of nitrogens with zero attached hydrogens (tertiary/aromatic N) is 1. The molecule has 0 unspecified atom stereocenters. The van der Waals surface area contributed by atoms with Crippen molar-refractivity contribution in [3.8, 4) is 0 Å². The lowest BCUT2D eigenvalue weighted by Crippen LogP contribution is -2.55. The van der Waals surface area contributed by atoms with Crippen molar-refractivity contribution >= 4 is 23.4 Å². The van der Waals surface area contributed by atoms with Crippen molar-refractivity contribution in [3.05, 3.63) is 64.5 Å². The molecule has 1 spiro atoms. The maximum atomic E-state index is 14.2. The van der Waals surface area contributed by atoms with E-state index in [0.717, 1.165) is 18.2 Å². The van der Waals surface area contributed by atoms with Crippen LogP contribution < -0.4 is 16.4 Å². The Morgan fingerprint density at radius 2 is 1.81 bits per heavy atom. The molecule has 32 heavy (non-hydrogen) atoms. The highest BCUT2D eigenvalue weighted by molar-refractivity contribution is 6.04. The first-order chi connectivity index (χ1) is 15.2. The zero-order valence-corrected chi connectivity index (χ0v) is 17.0. The number of nitrogens with one attached hydrogen (secondary N) is 2. The number of piperidine rings is 1. The first-order valence-electron chi connectivity index (χ1n) is 10.1. The molecule has 0 saturated carbocycles. The highest BCUT2D eigenvalue weighted by Crippen LogP contribution is 2.39. The van der Waals surface area contributed by atoms with Crippen molar-refractivity contribution in [2.45, 2.75) is 31.3 Å². The van der Waals surface area contributed by atoms with Gasteiger partial charge in [0, 0.05) is 43.2 Å². The van der Waals surface area contributed by atoms with Gasteiger partial charge in [-0.2, -0.15) is 0 Å². The average molecular weight is 446 g/mol. The molecule has 0 aromatic heterocycles. The van der Waals surface area contributed by atoms with Gasteiger partial charge in [-0.1, -0.05) is 6.07 Å². The van der Waals surface area contributed by atoms with Gasteiger partial charge < -0.3 is 21.3 Å². The van der Waals surface area contributed by atoms with E-state index >= 15 is 0 Å². The quantitative estimate of drug-likeness (QED) is 0.674. The normalized spacial score (nSPS) is 17.0. The van der Waals surface area contributed by atoms with Gasteiger partial charge in [0.1, 0.15) is 17.5 Å². The molecule has 2 aliphatic heterocycles. The number of hydrogen-bond acceptors (Lipinski definition) is 4. The number of Topliss-reactive ketones (excluding diaryl/α,β-unsaturated/α-hetero) is 1. The van der Waals surface area contributed by atoms with Gasteiger partial charge in [-0.15, -0.1) is 0 Å². The third kappa shape index (κ3) is 4.12. The van der Waals surface area contributed by atoms with Gasteiger partial charge in [0.25, 0.3) is 5.91 Å². The van der Waals surface area contributed by atoms with Crippen LogP contribution in [0.4, 0.5) is 23.7 Å². The van der Waals surface area contributed by atoms with E-state index in [1.165, 1.54) is 12.1 Å². The number of hydrogen-bond donors (Lipinski definition) is 3. The van der Waals surface area contributed by atoms with Gasteiger partial charge in [0.2, 0.25) is 0 Å². The van der Waals surface area contributed by atoms with E-state index < -0.39 is 28.9 Å². The Labute approximate surface area is 181 Å². The molecule has 0 radical (unpaired) electrons. The molecule has 4 N–H and O–H groups in total. The second-order valence-corrected chi connectivity index (χ2v) is 8.14. The molecule has 0 bridgehead atoms. The summed E-state index contributed by atoms with van der Waals surface area (Å²) in [6.45, 7) is 0.711. The number of benzene rings is 2. The molecule has 0 aliphatic carbocycles. The Morgan fingerprint density at radius 1 is 1.09 bits per heavy atom. The van der Waals surface area contributed by atoms with Gasteiger partial charge >= 0.3 is 6.03 Å². The van der Waals surface area contributed by atoms with Crippen molar-refractivity contribution in [1.82, 2.24) is 10.2 Å². The third-order valence-corrected chi connectivity index (χ3v) is 5.99. The van der Waals surface area contributed by atoms with E-state index in [4.69, 9.17) is 5.73 Å². The summed E-state index contributed by atoms with van der Waals surface area (Å²) in [4.78, 5) is 37.9. The first kappa shape index (κ1) is 21.7. The predicted molar refractivity (Wildman–Crippen MR) is 110 cm³/mol. The lowest BCUT2D eigenvalue weighted by atomic mass is 9.78. The summed E-state index contributed by atoms with van der Waals surface area (Å²) < 4.78 is 41.3. The van der Waals surface area contributed by atoms with Crippen molar-refractivity contribution in [3.63, 3.8) is 0 Å². The minimum absolute atomic E-state index is 0.00196. The number of primary amides is 1. The summed E-state index contributed by atoms with van der Waals surface area (Å²) >= 11 is 0. The average Bonchev–Trinajstić information content (AvgIpc) is 2.74. The van der Waals surface area contributed by atoms with Crippen LogP contribution in [0.1, 0.15) is 45.5 Å². The molecule has 0 atom stereocenters. The Hall–Kier alpha value is -3.56. The number of carbonyl (C=O) groups excluding carboxylic acids is 3. The highest BCUT2D eigenvalue weighted by atomic mass is 19.1. The monoisotopic (exact) mass is 446 g/mol. The van der Waals surface area contributed by atoms with E-state index in [2.05, 4.69) is 10.6 Å². The molecule has 3 amide bonds. The molecular formula is C22H21F3N4O3. The molecule has 2 aromatic rings. The van der Waals surface area contributed by atoms with E-state index in [1.807, 2.05) is 0 Å². The number of nitrogens with two attached hydrogens (primary N) is 1. The second-order valence-electron chi connectivity index (χ2n) is 8.14. The van der Waals surface area contributed by atoms with Gasteiger partial charge in [0.15, 0.2) is 5.78 Å². The Kier molecular flexibility index (Phi) is 5.53. The minimum Gasteiger partial charge on any atom is -0.376 e. The number of amides is 3. The zero-order valence-electron chi connectivity index (χ0n) is 17.0. The Morgan fingerprint density at radius 3 is 2.50 bits per heavy atom. The maximum absolute atomic E-state index is 14.2. The number of ketones is 1. The molecule has 2 heterocycles. The standard InChI is InChI=1S/C22H21F3N4O3/c23-13-8-15-18(30)10-22(28-19(15)17(25)9-13)3-5-29(6-4-22)21(32)27-11-12-1-2-16(24)14(7-12)20(26)31/h1-2,7-9,28H,3-6,10-11H2,(H2,26,31)(H,27,32). The number of fused-ring (bicyclic) bond motifs is 1. The summed E-state index contributed by atoms with van der Waals surface area (Å²) in [5.41, 5.74) is 4.70. The molecule has 4 rings (SSSR count). The molecule has 2 aromatic carbocycles. The fourth-order valence-corrected chi connectivity index (χ4v) is 4.23. The van der Waals surface area contributed by atoms with Gasteiger partial charge in [-0.3, -0.25) is 9.59 Å². The van der Waals surface area contributed by atoms with Gasteiger partial charge in [0.05, 0.1) is 11.3 Å². The van der Waals surface area contributed by atoms with Crippen LogP contribution in [0.3, 0.4) is 0 Å². The fourth-order valence-electron chi connectivity index (χ4n) is 4.23. The third-order valence-electron chi connectivity index (χ3n) is 5.99. The lowest BCUT2D eigenvalue weighted by molar-refractivity contribution is 0.0913. The van der Waals surface area contributed by atoms with E-state index in [-0.39, 0.29) is 41.6 Å². The Balaban J connectivity index is 1.38.